The molecule has 0 spiro atoms. The zero-order valence-corrected chi connectivity index (χ0v) is 14.6. The summed E-state index contributed by atoms with van der Waals surface area (Å²) < 4.78 is 5.21. The van der Waals surface area contributed by atoms with Gasteiger partial charge >= 0.3 is 0 Å². The van der Waals surface area contributed by atoms with Gasteiger partial charge in [-0.1, -0.05) is 23.9 Å². The van der Waals surface area contributed by atoms with E-state index in [2.05, 4.69) is 15.3 Å². The average Bonchev–Trinajstić information content (AvgIpc) is 2.95. The van der Waals surface area contributed by atoms with Crippen molar-refractivity contribution in [1.29, 1.82) is 0 Å². The van der Waals surface area contributed by atoms with E-state index in [1.807, 2.05) is 56.3 Å². The molecule has 0 saturated carbocycles. The van der Waals surface area contributed by atoms with Crippen molar-refractivity contribution in [2.75, 3.05) is 12.4 Å². The van der Waals surface area contributed by atoms with E-state index in [0.717, 1.165) is 28.0 Å². The molecule has 0 unspecified atom stereocenters. The molecule has 5 nitrogen and oxygen atoms in total. The zero-order chi connectivity index (χ0) is 17.1. The molecule has 0 aliphatic carbocycles. The van der Waals surface area contributed by atoms with Crippen LogP contribution in [0, 0.1) is 6.92 Å². The molecule has 0 bridgehead atoms. The number of fused-ring (bicyclic) bond motifs is 1. The molecular weight excluding hydrogens is 322 g/mol. The lowest BCUT2D eigenvalue weighted by molar-refractivity contribution is -0.115. The first-order valence-corrected chi connectivity index (χ1v) is 8.51. The molecule has 1 aromatic heterocycles. The number of ether oxygens (including phenoxy) is 1. The summed E-state index contributed by atoms with van der Waals surface area (Å²) in [6.45, 7) is 3.86. The van der Waals surface area contributed by atoms with Gasteiger partial charge in [-0.15, -0.1) is 0 Å². The maximum Gasteiger partial charge on any atom is 0.237 e. The highest BCUT2D eigenvalue weighted by Gasteiger charge is 2.17. The summed E-state index contributed by atoms with van der Waals surface area (Å²) in [5.41, 5.74) is 3.66. The first-order valence-electron chi connectivity index (χ1n) is 7.63. The number of nitrogens with one attached hydrogen (secondary N) is 2. The Morgan fingerprint density at radius 1 is 1.29 bits per heavy atom. The fraction of sp³-hybridized carbons (Fsp3) is 0.222. The van der Waals surface area contributed by atoms with Crippen molar-refractivity contribution in [2.45, 2.75) is 24.3 Å². The third-order valence-corrected chi connectivity index (χ3v) is 4.59. The van der Waals surface area contributed by atoms with Gasteiger partial charge in [0.2, 0.25) is 5.91 Å². The lowest BCUT2D eigenvalue weighted by atomic mass is 10.2. The molecule has 2 N–H and O–H groups in total. The van der Waals surface area contributed by atoms with Crippen molar-refractivity contribution in [3.63, 3.8) is 0 Å². The van der Waals surface area contributed by atoms with E-state index in [9.17, 15) is 4.79 Å². The number of hydrogen-bond donors (Lipinski definition) is 2. The quantitative estimate of drug-likeness (QED) is 0.688. The predicted molar refractivity (Wildman–Crippen MR) is 97.8 cm³/mol. The number of hydrogen-bond acceptors (Lipinski definition) is 4. The van der Waals surface area contributed by atoms with Crippen molar-refractivity contribution in [3.05, 3.63) is 48.0 Å². The number of nitrogens with zero attached hydrogens (tertiary/aromatic N) is 1. The summed E-state index contributed by atoms with van der Waals surface area (Å²) in [6, 6.07) is 13.4. The minimum atomic E-state index is -0.270. The fourth-order valence-corrected chi connectivity index (χ4v) is 3.16. The Morgan fingerprint density at radius 3 is 2.88 bits per heavy atom. The minimum absolute atomic E-state index is 0.0522. The monoisotopic (exact) mass is 341 g/mol. The second kappa shape index (κ2) is 6.97. The molecule has 6 heteroatoms. The average molecular weight is 341 g/mol. The van der Waals surface area contributed by atoms with Gasteiger partial charge in [0.05, 0.1) is 23.4 Å². The molecule has 0 radical (unpaired) electrons. The molecule has 0 aliphatic heterocycles. The number of aryl methyl sites for hydroxylation is 1. The SMILES string of the molecule is COc1ccc2nc(S[C@H](C)C(=O)Nc3cccc(C)c3)[nH]c2c1. The number of rotatable bonds is 5. The van der Waals surface area contributed by atoms with Crippen molar-refractivity contribution >= 4 is 34.4 Å². The lowest BCUT2D eigenvalue weighted by Crippen LogP contribution is -2.22. The van der Waals surface area contributed by atoms with Crippen LogP contribution in [0.15, 0.2) is 47.6 Å². The van der Waals surface area contributed by atoms with E-state index in [4.69, 9.17) is 4.74 Å². The number of benzene rings is 2. The van der Waals surface area contributed by atoms with Crippen LogP contribution in [0.3, 0.4) is 0 Å². The van der Waals surface area contributed by atoms with Crippen LogP contribution in [0.1, 0.15) is 12.5 Å². The molecule has 0 saturated heterocycles. The summed E-state index contributed by atoms with van der Waals surface area (Å²) in [5.74, 6) is 0.719. The molecule has 1 heterocycles. The number of H-pyrrole nitrogens is 1. The van der Waals surface area contributed by atoms with Gasteiger partial charge in [0.25, 0.3) is 0 Å². The maximum atomic E-state index is 12.4. The number of aromatic amines is 1. The maximum absolute atomic E-state index is 12.4. The first-order chi connectivity index (χ1) is 11.5. The largest absolute Gasteiger partial charge is 0.497 e. The summed E-state index contributed by atoms with van der Waals surface area (Å²) in [5, 5.41) is 3.38. The first kappa shape index (κ1) is 16.4. The number of imidazole rings is 1. The van der Waals surface area contributed by atoms with Gasteiger partial charge in [0, 0.05) is 11.8 Å². The van der Waals surface area contributed by atoms with Gasteiger partial charge in [-0.25, -0.2) is 4.98 Å². The lowest BCUT2D eigenvalue weighted by Gasteiger charge is -2.10. The summed E-state index contributed by atoms with van der Waals surface area (Å²) in [6.07, 6.45) is 0. The predicted octanol–water partition coefficient (Wildman–Crippen LogP) is 4.00. The smallest absolute Gasteiger partial charge is 0.237 e. The Hall–Kier alpha value is -2.47. The third-order valence-electron chi connectivity index (χ3n) is 3.61. The highest BCUT2D eigenvalue weighted by molar-refractivity contribution is 8.00. The van der Waals surface area contributed by atoms with Gasteiger partial charge in [-0.3, -0.25) is 4.79 Å². The Labute approximate surface area is 144 Å². The second-order valence-electron chi connectivity index (χ2n) is 5.54. The number of aromatic nitrogens is 2. The molecule has 24 heavy (non-hydrogen) atoms. The normalized spacial score (nSPS) is 12.1. The second-order valence-corrected chi connectivity index (χ2v) is 6.87. The van der Waals surface area contributed by atoms with Gasteiger partial charge in [0.1, 0.15) is 5.75 Å². The van der Waals surface area contributed by atoms with Crippen LogP contribution >= 0.6 is 11.8 Å². The third kappa shape index (κ3) is 3.71. The highest BCUT2D eigenvalue weighted by atomic mass is 32.2. The number of methoxy groups -OCH3 is 1. The number of carbonyl (C=O) groups excluding carboxylic acids is 1. The number of thioether (sulfide) groups is 1. The minimum Gasteiger partial charge on any atom is -0.497 e. The number of amides is 1. The standard InChI is InChI=1S/C18H19N3O2S/c1-11-5-4-6-13(9-11)19-17(22)12(2)24-18-20-15-8-7-14(23-3)10-16(15)21-18/h4-10,12H,1-3H3,(H,19,22)(H,20,21)/t12-/m1/s1. The summed E-state index contributed by atoms with van der Waals surface area (Å²) in [7, 11) is 1.63. The van der Waals surface area contributed by atoms with E-state index in [0.29, 0.717) is 5.16 Å². The number of carbonyl (C=O) groups is 1. The Morgan fingerprint density at radius 2 is 2.12 bits per heavy atom. The topological polar surface area (TPSA) is 67.0 Å². The molecule has 0 aliphatic rings. The highest BCUT2D eigenvalue weighted by Crippen LogP contribution is 2.26. The molecule has 124 valence electrons. The van der Waals surface area contributed by atoms with E-state index < -0.39 is 0 Å². The van der Waals surface area contributed by atoms with Gasteiger partial charge in [-0.05, 0) is 43.7 Å². The van der Waals surface area contributed by atoms with Crippen molar-refractivity contribution in [3.8, 4) is 5.75 Å². The molecule has 1 amide bonds. The van der Waals surface area contributed by atoms with Crippen molar-refractivity contribution in [2.24, 2.45) is 0 Å². The van der Waals surface area contributed by atoms with Gasteiger partial charge < -0.3 is 15.0 Å². The van der Waals surface area contributed by atoms with Crippen molar-refractivity contribution in [1.82, 2.24) is 9.97 Å². The van der Waals surface area contributed by atoms with E-state index >= 15 is 0 Å². The molecular formula is C18H19N3O2S. The summed E-state index contributed by atoms with van der Waals surface area (Å²) in [4.78, 5) is 20.1. The Bertz CT molecular complexity index is 876. The van der Waals surface area contributed by atoms with Crippen LogP contribution in [-0.2, 0) is 4.79 Å². The van der Waals surface area contributed by atoms with Crippen LogP contribution in [0.5, 0.6) is 5.75 Å². The molecule has 1 atom stereocenters. The van der Waals surface area contributed by atoms with Crippen molar-refractivity contribution < 1.29 is 9.53 Å². The fourth-order valence-electron chi connectivity index (χ4n) is 2.34. The molecule has 2 aromatic carbocycles. The van der Waals surface area contributed by atoms with Crippen LogP contribution in [0.2, 0.25) is 0 Å². The van der Waals surface area contributed by atoms with Crippen LogP contribution < -0.4 is 10.1 Å². The van der Waals surface area contributed by atoms with Gasteiger partial charge in [0.15, 0.2) is 5.16 Å². The zero-order valence-electron chi connectivity index (χ0n) is 13.8. The summed E-state index contributed by atoms with van der Waals surface area (Å²) >= 11 is 1.39. The molecule has 3 rings (SSSR count). The van der Waals surface area contributed by atoms with Crippen LogP contribution in [0.4, 0.5) is 5.69 Å². The van der Waals surface area contributed by atoms with E-state index in [1.54, 1.807) is 7.11 Å². The van der Waals surface area contributed by atoms with E-state index in [1.165, 1.54) is 11.8 Å². The van der Waals surface area contributed by atoms with Crippen LogP contribution in [0.25, 0.3) is 11.0 Å². The van der Waals surface area contributed by atoms with Crippen LogP contribution in [-0.4, -0.2) is 28.2 Å². The van der Waals surface area contributed by atoms with E-state index in [-0.39, 0.29) is 11.2 Å². The molecule has 3 aromatic rings. The molecule has 0 fully saturated rings. The van der Waals surface area contributed by atoms with Gasteiger partial charge in [-0.2, -0.15) is 0 Å². The Kier molecular flexibility index (Phi) is 4.76. The Balaban J connectivity index is 1.69. The number of anilines is 1.